The van der Waals surface area contributed by atoms with Crippen molar-refractivity contribution >= 4 is 5.91 Å². The van der Waals surface area contributed by atoms with E-state index >= 15 is 0 Å². The monoisotopic (exact) mass is 275 g/mol. The van der Waals surface area contributed by atoms with E-state index in [2.05, 4.69) is 6.07 Å². The first-order valence-corrected chi connectivity index (χ1v) is 7.23. The van der Waals surface area contributed by atoms with Gasteiger partial charge in [0.05, 0.1) is 11.6 Å². The van der Waals surface area contributed by atoms with Gasteiger partial charge in [-0.05, 0) is 31.4 Å². The Morgan fingerprint density at radius 1 is 1.20 bits per heavy atom. The largest absolute Gasteiger partial charge is 0.388 e. The lowest BCUT2D eigenvalue weighted by Gasteiger charge is -2.45. The number of carbonyl (C=O) groups is 1. The zero-order chi connectivity index (χ0) is 15.1. The van der Waals surface area contributed by atoms with E-state index < -0.39 is 11.0 Å². The minimum atomic E-state index is -0.961. The third-order valence-corrected chi connectivity index (χ3v) is 3.86. The number of hydrogen-bond donors (Lipinski definition) is 1. The summed E-state index contributed by atoms with van der Waals surface area (Å²) in [5.41, 5.74) is 0.911. The number of carbonyl (C=O) groups excluding carboxylic acids is 1. The van der Waals surface area contributed by atoms with Gasteiger partial charge in [0.25, 0.3) is 0 Å². The van der Waals surface area contributed by atoms with Crippen LogP contribution in [0.15, 0.2) is 24.3 Å². The fourth-order valence-electron chi connectivity index (χ4n) is 2.98. The Balaban J connectivity index is 2.48. The number of hydrogen-bond acceptors (Lipinski definition) is 2. The average molecular weight is 275 g/mol. The second kappa shape index (κ2) is 4.88. The summed E-state index contributed by atoms with van der Waals surface area (Å²) in [6, 6.07) is 7.83. The summed E-state index contributed by atoms with van der Waals surface area (Å²) in [5.74, 6) is 0.0964. The highest BCUT2D eigenvalue weighted by atomic mass is 16.3. The SMILES string of the molecule is CC(C)(C)C(=O)N1CCc2ccccc2C1C(C)(C)O. The Bertz CT molecular complexity index is 508. The van der Waals surface area contributed by atoms with E-state index in [1.807, 2.05) is 43.9 Å². The van der Waals surface area contributed by atoms with Crippen molar-refractivity contribution in [3.05, 3.63) is 35.4 Å². The van der Waals surface area contributed by atoms with Gasteiger partial charge in [0, 0.05) is 12.0 Å². The van der Waals surface area contributed by atoms with E-state index in [0.717, 1.165) is 12.0 Å². The molecule has 0 saturated heterocycles. The Labute approximate surface area is 121 Å². The molecule has 0 spiro atoms. The molecule has 2 rings (SSSR count). The lowest BCUT2D eigenvalue weighted by Crippen LogP contribution is -2.52. The minimum Gasteiger partial charge on any atom is -0.388 e. The molecule has 0 bridgehead atoms. The quantitative estimate of drug-likeness (QED) is 0.856. The number of nitrogens with zero attached hydrogens (tertiary/aromatic N) is 1. The van der Waals surface area contributed by atoms with E-state index in [9.17, 15) is 9.90 Å². The molecule has 1 aromatic rings. The molecule has 1 N–H and O–H groups in total. The van der Waals surface area contributed by atoms with Crippen LogP contribution in [-0.2, 0) is 11.2 Å². The summed E-state index contributed by atoms with van der Waals surface area (Å²) in [6.45, 7) is 10.0. The first kappa shape index (κ1) is 15.0. The maximum Gasteiger partial charge on any atom is 0.228 e. The molecule has 0 radical (unpaired) electrons. The molecule has 0 fully saturated rings. The first-order valence-electron chi connectivity index (χ1n) is 7.23. The standard InChI is InChI=1S/C17H25NO2/c1-16(2,3)15(19)18-11-10-12-8-6-7-9-13(12)14(18)17(4,5)20/h6-9,14,20H,10-11H2,1-5H3. The molecule has 0 saturated carbocycles. The third-order valence-electron chi connectivity index (χ3n) is 3.86. The maximum atomic E-state index is 12.7. The molecule has 110 valence electrons. The molecule has 1 atom stereocenters. The van der Waals surface area contributed by atoms with Crippen LogP contribution in [0.2, 0.25) is 0 Å². The number of amides is 1. The van der Waals surface area contributed by atoms with Crippen molar-refractivity contribution in [2.75, 3.05) is 6.54 Å². The second-order valence-corrected chi connectivity index (χ2v) is 7.25. The average Bonchev–Trinajstić information content (AvgIpc) is 2.34. The zero-order valence-electron chi connectivity index (χ0n) is 13.1. The summed E-state index contributed by atoms with van der Waals surface area (Å²) in [7, 11) is 0. The van der Waals surface area contributed by atoms with Crippen LogP contribution < -0.4 is 0 Å². The number of rotatable bonds is 1. The Morgan fingerprint density at radius 3 is 2.35 bits per heavy atom. The molecule has 1 unspecified atom stereocenters. The van der Waals surface area contributed by atoms with Crippen LogP contribution in [0, 0.1) is 5.41 Å². The normalized spacial score (nSPS) is 19.7. The van der Waals surface area contributed by atoms with Gasteiger partial charge >= 0.3 is 0 Å². The Morgan fingerprint density at radius 2 is 1.80 bits per heavy atom. The molecule has 1 aromatic carbocycles. The van der Waals surface area contributed by atoms with Gasteiger partial charge in [-0.3, -0.25) is 4.79 Å². The fourth-order valence-corrected chi connectivity index (χ4v) is 2.98. The first-order chi connectivity index (χ1) is 9.12. The summed E-state index contributed by atoms with van der Waals surface area (Å²) in [6.07, 6.45) is 0.852. The molecule has 0 aromatic heterocycles. The molecule has 3 nitrogen and oxygen atoms in total. The molecule has 1 amide bonds. The summed E-state index contributed by atoms with van der Waals surface area (Å²) < 4.78 is 0. The topological polar surface area (TPSA) is 40.5 Å². The van der Waals surface area contributed by atoms with Crippen molar-refractivity contribution in [3.8, 4) is 0 Å². The van der Waals surface area contributed by atoms with Crippen molar-refractivity contribution < 1.29 is 9.90 Å². The zero-order valence-corrected chi connectivity index (χ0v) is 13.1. The van der Waals surface area contributed by atoms with Gasteiger partial charge in [0.15, 0.2) is 0 Å². The molecule has 1 aliphatic heterocycles. The van der Waals surface area contributed by atoms with E-state index in [1.54, 1.807) is 13.8 Å². The van der Waals surface area contributed by atoms with Crippen LogP contribution in [0.5, 0.6) is 0 Å². The van der Waals surface area contributed by atoms with Gasteiger partial charge in [-0.25, -0.2) is 0 Å². The van der Waals surface area contributed by atoms with Gasteiger partial charge < -0.3 is 10.0 Å². The van der Waals surface area contributed by atoms with Gasteiger partial charge in [-0.15, -0.1) is 0 Å². The maximum absolute atomic E-state index is 12.7. The summed E-state index contributed by atoms with van der Waals surface area (Å²) in [5, 5.41) is 10.6. The minimum absolute atomic E-state index is 0.0964. The summed E-state index contributed by atoms with van der Waals surface area (Å²) >= 11 is 0. The van der Waals surface area contributed by atoms with Gasteiger partial charge in [0.2, 0.25) is 5.91 Å². The predicted molar refractivity (Wildman–Crippen MR) is 80.4 cm³/mol. The van der Waals surface area contributed by atoms with Crippen molar-refractivity contribution in [1.29, 1.82) is 0 Å². The molecule has 3 heteroatoms. The van der Waals surface area contributed by atoms with Crippen molar-refractivity contribution in [2.45, 2.75) is 52.7 Å². The highest BCUT2D eigenvalue weighted by molar-refractivity contribution is 5.82. The Kier molecular flexibility index (Phi) is 3.67. The van der Waals surface area contributed by atoms with E-state index in [0.29, 0.717) is 6.54 Å². The third kappa shape index (κ3) is 2.73. The highest BCUT2D eigenvalue weighted by Crippen LogP contribution is 2.39. The van der Waals surface area contributed by atoms with Gasteiger partial charge in [-0.2, -0.15) is 0 Å². The van der Waals surface area contributed by atoms with E-state index in [-0.39, 0.29) is 11.9 Å². The molecule has 1 aliphatic rings. The fraction of sp³-hybridized carbons (Fsp3) is 0.588. The number of aliphatic hydroxyl groups is 1. The van der Waals surface area contributed by atoms with Crippen LogP contribution in [0.3, 0.4) is 0 Å². The van der Waals surface area contributed by atoms with Crippen LogP contribution in [0.1, 0.15) is 51.8 Å². The number of fused-ring (bicyclic) bond motifs is 1. The smallest absolute Gasteiger partial charge is 0.228 e. The van der Waals surface area contributed by atoms with Gasteiger partial charge in [-0.1, -0.05) is 45.0 Å². The van der Waals surface area contributed by atoms with Crippen LogP contribution in [-0.4, -0.2) is 28.1 Å². The molecule has 20 heavy (non-hydrogen) atoms. The highest BCUT2D eigenvalue weighted by Gasteiger charge is 2.42. The lowest BCUT2D eigenvalue weighted by atomic mass is 9.81. The van der Waals surface area contributed by atoms with Crippen molar-refractivity contribution in [2.24, 2.45) is 5.41 Å². The predicted octanol–water partition coefficient (Wildman–Crippen LogP) is 2.93. The van der Waals surface area contributed by atoms with Crippen molar-refractivity contribution in [3.63, 3.8) is 0 Å². The summed E-state index contributed by atoms with van der Waals surface area (Å²) in [4.78, 5) is 14.6. The molecular formula is C17H25NO2. The number of benzene rings is 1. The molecule has 0 aliphatic carbocycles. The van der Waals surface area contributed by atoms with E-state index in [1.165, 1.54) is 5.56 Å². The Hall–Kier alpha value is -1.35. The van der Waals surface area contributed by atoms with Crippen LogP contribution in [0.25, 0.3) is 0 Å². The van der Waals surface area contributed by atoms with E-state index in [4.69, 9.17) is 0 Å². The van der Waals surface area contributed by atoms with Crippen molar-refractivity contribution in [1.82, 2.24) is 4.90 Å². The van der Waals surface area contributed by atoms with Gasteiger partial charge in [0.1, 0.15) is 0 Å². The van der Waals surface area contributed by atoms with Crippen LogP contribution in [0.4, 0.5) is 0 Å². The molecular weight excluding hydrogens is 250 g/mol. The molecule has 1 heterocycles. The second-order valence-electron chi connectivity index (χ2n) is 7.25. The van der Waals surface area contributed by atoms with Crippen LogP contribution >= 0.6 is 0 Å². The lowest BCUT2D eigenvalue weighted by molar-refractivity contribution is -0.149.